The Bertz CT molecular complexity index is 375. The second kappa shape index (κ2) is 4.94. The lowest BCUT2D eigenvalue weighted by Gasteiger charge is -2.10. The molecule has 3 N–H and O–H groups in total. The predicted molar refractivity (Wildman–Crippen MR) is 59.9 cm³/mol. The van der Waals surface area contributed by atoms with E-state index >= 15 is 0 Å². The molecule has 5 nitrogen and oxygen atoms in total. The monoisotopic (exact) mass is 221 g/mol. The molecule has 2 heterocycles. The van der Waals surface area contributed by atoms with Crippen LogP contribution in [0.5, 0.6) is 0 Å². The number of nitrogens with zero attached hydrogens (tertiary/aromatic N) is 1. The highest BCUT2D eigenvalue weighted by molar-refractivity contribution is 5.98. The maximum absolute atomic E-state index is 11.8. The molecule has 1 atom stereocenters. The first-order chi connectivity index (χ1) is 7.77. The molecule has 16 heavy (non-hydrogen) atoms. The van der Waals surface area contributed by atoms with Gasteiger partial charge in [0.2, 0.25) is 0 Å². The van der Waals surface area contributed by atoms with Gasteiger partial charge in [-0.1, -0.05) is 0 Å². The van der Waals surface area contributed by atoms with Crippen LogP contribution in [0, 0.1) is 5.92 Å². The van der Waals surface area contributed by atoms with Crippen LogP contribution in [-0.4, -0.2) is 30.6 Å². The predicted octanol–water partition coefficient (Wildman–Crippen LogP) is 0.430. The van der Waals surface area contributed by atoms with Crippen LogP contribution in [0.4, 0.5) is 5.69 Å². The van der Waals surface area contributed by atoms with Gasteiger partial charge in [-0.05, 0) is 12.5 Å². The zero-order chi connectivity index (χ0) is 11.4. The molecule has 1 aromatic rings. The van der Waals surface area contributed by atoms with Crippen molar-refractivity contribution >= 4 is 11.6 Å². The third-order valence-corrected chi connectivity index (χ3v) is 2.67. The van der Waals surface area contributed by atoms with Gasteiger partial charge in [0.1, 0.15) is 0 Å². The van der Waals surface area contributed by atoms with Crippen LogP contribution < -0.4 is 11.1 Å². The maximum Gasteiger partial charge on any atom is 0.253 e. The van der Waals surface area contributed by atoms with Crippen molar-refractivity contribution in [1.82, 2.24) is 10.3 Å². The number of hydrogen-bond acceptors (Lipinski definition) is 4. The summed E-state index contributed by atoms with van der Waals surface area (Å²) in [5.41, 5.74) is 6.54. The molecule has 0 radical (unpaired) electrons. The van der Waals surface area contributed by atoms with Crippen LogP contribution in [-0.2, 0) is 4.74 Å². The number of hydrogen-bond donors (Lipinski definition) is 2. The molecule has 1 saturated heterocycles. The number of nitrogens with one attached hydrogen (secondary N) is 1. The molecule has 1 aromatic heterocycles. The number of nitrogen functional groups attached to an aromatic ring is 1. The number of aromatic nitrogens is 1. The van der Waals surface area contributed by atoms with E-state index in [2.05, 4.69) is 10.3 Å². The van der Waals surface area contributed by atoms with Gasteiger partial charge < -0.3 is 15.8 Å². The Kier molecular flexibility index (Phi) is 3.36. The van der Waals surface area contributed by atoms with Crippen molar-refractivity contribution in [2.75, 3.05) is 25.5 Å². The summed E-state index contributed by atoms with van der Waals surface area (Å²) in [5.74, 6) is 0.277. The number of anilines is 1. The van der Waals surface area contributed by atoms with Gasteiger partial charge >= 0.3 is 0 Å². The lowest BCUT2D eigenvalue weighted by atomic mass is 10.1. The molecule has 1 fully saturated rings. The number of carbonyl (C=O) groups is 1. The molecule has 1 amide bonds. The largest absolute Gasteiger partial charge is 0.397 e. The topological polar surface area (TPSA) is 77.2 Å². The quantitative estimate of drug-likeness (QED) is 0.776. The molecule has 0 spiro atoms. The Hall–Kier alpha value is -1.62. The van der Waals surface area contributed by atoms with Crippen LogP contribution in [0.15, 0.2) is 18.5 Å². The summed E-state index contributed by atoms with van der Waals surface area (Å²) in [4.78, 5) is 15.6. The van der Waals surface area contributed by atoms with Gasteiger partial charge in [0.15, 0.2) is 0 Å². The molecule has 0 bridgehead atoms. The molecular weight excluding hydrogens is 206 g/mol. The summed E-state index contributed by atoms with van der Waals surface area (Å²) >= 11 is 0. The second-order valence-corrected chi connectivity index (χ2v) is 3.90. The average molecular weight is 221 g/mol. The van der Waals surface area contributed by atoms with Crippen molar-refractivity contribution in [3.8, 4) is 0 Å². The smallest absolute Gasteiger partial charge is 0.253 e. The van der Waals surface area contributed by atoms with Gasteiger partial charge in [0, 0.05) is 25.3 Å². The number of pyridine rings is 1. The van der Waals surface area contributed by atoms with Crippen molar-refractivity contribution in [3.05, 3.63) is 24.0 Å². The van der Waals surface area contributed by atoms with E-state index in [0.717, 1.165) is 19.6 Å². The lowest BCUT2D eigenvalue weighted by molar-refractivity contribution is 0.0946. The van der Waals surface area contributed by atoms with E-state index in [0.29, 0.717) is 23.7 Å². The molecule has 1 unspecified atom stereocenters. The van der Waals surface area contributed by atoms with Gasteiger partial charge in [0.25, 0.3) is 5.91 Å². The summed E-state index contributed by atoms with van der Waals surface area (Å²) in [7, 11) is 0. The van der Waals surface area contributed by atoms with Gasteiger partial charge in [-0.15, -0.1) is 0 Å². The molecule has 1 aliphatic heterocycles. The number of rotatable bonds is 3. The van der Waals surface area contributed by atoms with E-state index in [1.165, 1.54) is 6.20 Å². The Balaban J connectivity index is 1.90. The molecule has 5 heteroatoms. The zero-order valence-corrected chi connectivity index (χ0v) is 8.98. The second-order valence-electron chi connectivity index (χ2n) is 3.90. The number of nitrogens with two attached hydrogens (primary N) is 1. The molecule has 1 aliphatic rings. The van der Waals surface area contributed by atoms with Crippen molar-refractivity contribution in [2.45, 2.75) is 6.42 Å². The third-order valence-electron chi connectivity index (χ3n) is 2.67. The minimum Gasteiger partial charge on any atom is -0.397 e. The van der Waals surface area contributed by atoms with Crippen molar-refractivity contribution in [3.63, 3.8) is 0 Å². The summed E-state index contributed by atoms with van der Waals surface area (Å²) in [5, 5.41) is 2.86. The summed E-state index contributed by atoms with van der Waals surface area (Å²) in [6.45, 7) is 2.16. The minimum absolute atomic E-state index is 0.146. The fourth-order valence-electron chi connectivity index (χ4n) is 1.69. The Morgan fingerprint density at radius 3 is 3.25 bits per heavy atom. The fraction of sp³-hybridized carbons (Fsp3) is 0.455. The van der Waals surface area contributed by atoms with Crippen molar-refractivity contribution in [1.29, 1.82) is 0 Å². The van der Waals surface area contributed by atoms with Crippen molar-refractivity contribution < 1.29 is 9.53 Å². The fourth-order valence-corrected chi connectivity index (χ4v) is 1.69. The standard InChI is InChI=1S/C11H15N3O2/c12-10-6-13-3-1-9(10)11(15)14-5-8-2-4-16-7-8/h1,3,6,8H,2,4-5,7,12H2,(H,14,15). The average Bonchev–Trinajstić information content (AvgIpc) is 2.79. The Labute approximate surface area is 94.0 Å². The van der Waals surface area contributed by atoms with Crippen LogP contribution >= 0.6 is 0 Å². The molecule has 0 aliphatic carbocycles. The van der Waals surface area contributed by atoms with E-state index in [4.69, 9.17) is 10.5 Å². The van der Waals surface area contributed by atoms with E-state index in [1.54, 1.807) is 12.3 Å². The summed E-state index contributed by atoms with van der Waals surface area (Å²) in [6, 6.07) is 1.62. The highest BCUT2D eigenvalue weighted by atomic mass is 16.5. The molecule has 0 saturated carbocycles. The number of ether oxygens (including phenoxy) is 1. The minimum atomic E-state index is -0.146. The molecular formula is C11H15N3O2. The first-order valence-corrected chi connectivity index (χ1v) is 5.33. The normalized spacial score (nSPS) is 19.6. The first kappa shape index (κ1) is 10.9. The maximum atomic E-state index is 11.8. The van der Waals surface area contributed by atoms with E-state index < -0.39 is 0 Å². The highest BCUT2D eigenvalue weighted by Crippen LogP contribution is 2.12. The first-order valence-electron chi connectivity index (χ1n) is 5.33. The van der Waals surface area contributed by atoms with Gasteiger partial charge in [-0.25, -0.2) is 0 Å². The van der Waals surface area contributed by atoms with Gasteiger partial charge in [0.05, 0.1) is 24.1 Å². The van der Waals surface area contributed by atoms with Gasteiger partial charge in [-0.2, -0.15) is 0 Å². The van der Waals surface area contributed by atoms with Crippen LogP contribution in [0.25, 0.3) is 0 Å². The van der Waals surface area contributed by atoms with E-state index in [-0.39, 0.29) is 5.91 Å². The third kappa shape index (κ3) is 2.49. The van der Waals surface area contributed by atoms with Crippen molar-refractivity contribution in [2.24, 2.45) is 5.92 Å². The van der Waals surface area contributed by atoms with E-state index in [9.17, 15) is 4.79 Å². The highest BCUT2D eigenvalue weighted by Gasteiger charge is 2.17. The lowest BCUT2D eigenvalue weighted by Crippen LogP contribution is -2.30. The van der Waals surface area contributed by atoms with Crippen LogP contribution in [0.1, 0.15) is 16.8 Å². The zero-order valence-electron chi connectivity index (χ0n) is 8.98. The summed E-state index contributed by atoms with van der Waals surface area (Å²) < 4.78 is 5.23. The van der Waals surface area contributed by atoms with E-state index in [1.807, 2.05) is 0 Å². The Morgan fingerprint density at radius 1 is 1.69 bits per heavy atom. The Morgan fingerprint density at radius 2 is 2.56 bits per heavy atom. The molecule has 0 aromatic carbocycles. The van der Waals surface area contributed by atoms with Gasteiger partial charge in [-0.3, -0.25) is 9.78 Å². The molecule has 2 rings (SSSR count). The number of carbonyl (C=O) groups excluding carboxylic acids is 1. The molecule has 86 valence electrons. The van der Waals surface area contributed by atoms with Crippen LogP contribution in [0.3, 0.4) is 0 Å². The number of amides is 1. The SMILES string of the molecule is Nc1cnccc1C(=O)NCC1CCOC1. The van der Waals surface area contributed by atoms with Crippen LogP contribution in [0.2, 0.25) is 0 Å². The summed E-state index contributed by atoms with van der Waals surface area (Å²) in [6.07, 6.45) is 4.05.